The summed E-state index contributed by atoms with van der Waals surface area (Å²) >= 11 is 0. The number of carbonyl (C=O) groups is 4. The van der Waals surface area contributed by atoms with E-state index in [9.17, 15) is 19.2 Å². The van der Waals surface area contributed by atoms with Gasteiger partial charge in [0.05, 0.1) is 25.9 Å². The lowest BCUT2D eigenvalue weighted by Gasteiger charge is -2.00. The Morgan fingerprint density at radius 3 is 1.80 bits per heavy atom. The van der Waals surface area contributed by atoms with Crippen molar-refractivity contribution < 1.29 is 43.2 Å². The van der Waals surface area contributed by atoms with Crippen molar-refractivity contribution in [2.24, 2.45) is 0 Å². The third-order valence-corrected chi connectivity index (χ3v) is 2.95. The number of rotatable bonds is 8. The number of aliphatic carboxylic acids is 1. The molecule has 1 aliphatic heterocycles. The lowest BCUT2D eigenvalue weighted by Crippen LogP contribution is -2.09. The third-order valence-electron chi connectivity index (χ3n) is 2.95. The fraction of sp³-hybridized carbons (Fsp3) is 0.429. The van der Waals surface area contributed by atoms with E-state index in [-0.39, 0.29) is 35.8 Å². The number of carboxylic acids is 1. The second-order valence-corrected chi connectivity index (χ2v) is 5.98. The first kappa shape index (κ1) is 29.0. The molecule has 0 aliphatic carbocycles. The number of carbonyl (C=O) groups excluding carboxylic acids is 3. The minimum Gasteiger partial charge on any atom is -0.478 e. The molecule has 0 radical (unpaired) electrons. The van der Waals surface area contributed by atoms with Crippen molar-refractivity contribution in [1.29, 1.82) is 0 Å². The van der Waals surface area contributed by atoms with Gasteiger partial charge in [0, 0.05) is 16.7 Å². The van der Waals surface area contributed by atoms with Crippen LogP contribution in [0.2, 0.25) is 0 Å². The highest BCUT2D eigenvalue weighted by atomic mass is 16.6. The van der Waals surface area contributed by atoms with Gasteiger partial charge >= 0.3 is 23.9 Å². The van der Waals surface area contributed by atoms with Crippen molar-refractivity contribution in [1.82, 2.24) is 0 Å². The Bertz CT molecular complexity index is 697. The highest BCUT2D eigenvalue weighted by Gasteiger charge is 2.24. The number of hydrogen-bond donors (Lipinski definition) is 1. The molecule has 1 heterocycles. The number of epoxide rings is 1. The smallest absolute Gasteiger partial charge is 0.337 e. The molecule has 0 aromatic rings. The minimum absolute atomic E-state index is 0.0433. The van der Waals surface area contributed by atoms with E-state index in [1.54, 1.807) is 20.8 Å². The number of carboxylic acid groups (broad SMARTS) is 1. The zero-order chi connectivity index (χ0) is 23.9. The van der Waals surface area contributed by atoms with E-state index in [1.807, 2.05) is 0 Å². The van der Waals surface area contributed by atoms with Crippen LogP contribution in [0.15, 0.2) is 48.1 Å². The molecule has 1 unspecified atom stereocenters. The second-order valence-electron chi connectivity index (χ2n) is 5.98. The SMILES string of the molecule is C=C(C)C(=O)OC.C=C(C)C(=O)OCC1CO1.C=C(C=C(C)C(=O)O)C(=O)OCC. The first-order valence-electron chi connectivity index (χ1n) is 8.82. The molecule has 0 spiro atoms. The average molecular weight is 426 g/mol. The maximum Gasteiger partial charge on any atom is 0.337 e. The quantitative estimate of drug-likeness (QED) is 0.204. The molecule has 0 aromatic heterocycles. The zero-order valence-corrected chi connectivity index (χ0v) is 18.1. The van der Waals surface area contributed by atoms with Crippen molar-refractivity contribution in [3.8, 4) is 0 Å². The monoisotopic (exact) mass is 426 g/mol. The Labute approximate surface area is 176 Å². The lowest BCUT2D eigenvalue weighted by molar-refractivity contribution is -0.139. The molecule has 168 valence electrons. The molecule has 1 aliphatic rings. The molecule has 9 heteroatoms. The minimum atomic E-state index is -1.08. The van der Waals surface area contributed by atoms with Gasteiger partial charge in [-0.25, -0.2) is 19.2 Å². The normalized spacial score (nSPS) is 13.8. The number of esters is 3. The molecule has 1 fully saturated rings. The van der Waals surface area contributed by atoms with Gasteiger partial charge in [0.25, 0.3) is 0 Å². The summed E-state index contributed by atoms with van der Waals surface area (Å²) in [5, 5.41) is 8.48. The van der Waals surface area contributed by atoms with Crippen LogP contribution >= 0.6 is 0 Å². The number of hydrogen-bond acceptors (Lipinski definition) is 8. The molecular weight excluding hydrogens is 396 g/mol. The zero-order valence-electron chi connectivity index (χ0n) is 18.1. The summed E-state index contributed by atoms with van der Waals surface area (Å²) < 4.78 is 18.5. The standard InChI is InChI=1S/C9H12O4.C7H10O3.C5H8O2/c1-4-13-9(12)7(3)5-6(2)8(10)11;1-5(2)7(8)10-4-6-3-9-6;1-4(2)5(6)7-3/h5H,3-4H2,1-2H3,(H,10,11);6H,1,3-4H2,2H3;1H2,2-3H3. The highest BCUT2D eigenvalue weighted by molar-refractivity contribution is 5.94. The summed E-state index contributed by atoms with van der Waals surface area (Å²) in [6.07, 6.45) is 1.32. The van der Waals surface area contributed by atoms with Gasteiger partial charge < -0.3 is 24.1 Å². The molecule has 30 heavy (non-hydrogen) atoms. The molecule has 0 amide bonds. The van der Waals surface area contributed by atoms with Gasteiger partial charge in [-0.15, -0.1) is 0 Å². The molecular formula is C21H30O9. The van der Waals surface area contributed by atoms with Crippen LogP contribution in [0.3, 0.4) is 0 Å². The first-order valence-corrected chi connectivity index (χ1v) is 8.82. The van der Waals surface area contributed by atoms with Gasteiger partial charge in [0.2, 0.25) is 0 Å². The van der Waals surface area contributed by atoms with Crippen molar-refractivity contribution >= 4 is 23.9 Å². The predicted octanol–water partition coefficient (Wildman–Crippen LogP) is 2.38. The highest BCUT2D eigenvalue weighted by Crippen LogP contribution is 2.09. The molecule has 1 N–H and O–H groups in total. The maximum atomic E-state index is 10.9. The summed E-state index contributed by atoms with van der Waals surface area (Å²) in [6.45, 7) is 17.8. The first-order chi connectivity index (χ1) is 13.9. The van der Waals surface area contributed by atoms with Crippen molar-refractivity contribution in [3.63, 3.8) is 0 Å². The Balaban J connectivity index is 0. The van der Waals surface area contributed by atoms with Crippen LogP contribution in [0.5, 0.6) is 0 Å². The van der Waals surface area contributed by atoms with Gasteiger partial charge in [0.15, 0.2) is 0 Å². The topological polar surface area (TPSA) is 129 Å². The van der Waals surface area contributed by atoms with Gasteiger partial charge in [-0.05, 0) is 33.8 Å². The summed E-state index contributed by atoms with van der Waals surface area (Å²) in [4.78, 5) is 42.2. The van der Waals surface area contributed by atoms with Crippen molar-refractivity contribution in [2.75, 3.05) is 26.9 Å². The van der Waals surface area contributed by atoms with Crippen LogP contribution in [0, 0.1) is 0 Å². The fourth-order valence-electron chi connectivity index (χ4n) is 1.24. The number of methoxy groups -OCH3 is 1. The van der Waals surface area contributed by atoms with Crippen LogP contribution in [-0.4, -0.2) is 62.0 Å². The van der Waals surface area contributed by atoms with Gasteiger partial charge in [0.1, 0.15) is 12.7 Å². The van der Waals surface area contributed by atoms with Gasteiger partial charge in [-0.2, -0.15) is 0 Å². The Kier molecular flexibility index (Phi) is 15.2. The lowest BCUT2D eigenvalue weighted by atomic mass is 10.2. The average Bonchev–Trinajstić information content (AvgIpc) is 3.50. The summed E-state index contributed by atoms with van der Waals surface area (Å²) in [5.41, 5.74) is 0.961. The molecule has 1 rings (SSSR count). The van der Waals surface area contributed by atoms with Gasteiger partial charge in [-0.3, -0.25) is 0 Å². The van der Waals surface area contributed by atoms with Crippen molar-refractivity contribution in [2.45, 2.75) is 33.8 Å². The van der Waals surface area contributed by atoms with E-state index in [4.69, 9.17) is 14.6 Å². The third kappa shape index (κ3) is 15.8. The van der Waals surface area contributed by atoms with E-state index >= 15 is 0 Å². The summed E-state index contributed by atoms with van der Waals surface area (Å²) in [5.74, 6) is -2.36. The Morgan fingerprint density at radius 1 is 1.00 bits per heavy atom. The molecule has 9 nitrogen and oxygen atoms in total. The van der Waals surface area contributed by atoms with E-state index in [0.717, 1.165) is 0 Å². The second kappa shape index (κ2) is 15.7. The van der Waals surface area contributed by atoms with Crippen LogP contribution < -0.4 is 0 Å². The molecule has 1 saturated heterocycles. The van der Waals surface area contributed by atoms with E-state index in [0.29, 0.717) is 24.4 Å². The molecule has 0 aromatic carbocycles. The molecule has 1 atom stereocenters. The van der Waals surface area contributed by atoms with Crippen LogP contribution in [0.25, 0.3) is 0 Å². The van der Waals surface area contributed by atoms with Crippen LogP contribution in [0.4, 0.5) is 0 Å². The Morgan fingerprint density at radius 2 is 1.50 bits per heavy atom. The van der Waals surface area contributed by atoms with E-state index < -0.39 is 11.9 Å². The predicted molar refractivity (Wildman–Crippen MR) is 110 cm³/mol. The summed E-state index contributed by atoms with van der Waals surface area (Å²) in [7, 11) is 1.33. The molecule has 0 bridgehead atoms. The maximum absolute atomic E-state index is 10.9. The van der Waals surface area contributed by atoms with E-state index in [2.05, 4.69) is 29.2 Å². The van der Waals surface area contributed by atoms with Gasteiger partial charge in [-0.1, -0.05) is 19.7 Å². The fourth-order valence-corrected chi connectivity index (χ4v) is 1.24. The number of ether oxygens (including phenoxy) is 4. The molecule has 0 saturated carbocycles. The largest absolute Gasteiger partial charge is 0.478 e. The van der Waals surface area contributed by atoms with Crippen LogP contribution in [-0.2, 0) is 38.1 Å². The summed E-state index contributed by atoms with van der Waals surface area (Å²) in [6, 6.07) is 0. The van der Waals surface area contributed by atoms with E-state index in [1.165, 1.54) is 20.1 Å². The van der Waals surface area contributed by atoms with Crippen molar-refractivity contribution in [3.05, 3.63) is 48.1 Å². The Hall–Kier alpha value is -3.20. The van der Waals surface area contributed by atoms with Crippen LogP contribution in [0.1, 0.15) is 27.7 Å².